The number of hydrogen-bond acceptors (Lipinski definition) is 3. The second kappa shape index (κ2) is 5.75. The molecule has 0 unspecified atom stereocenters. The summed E-state index contributed by atoms with van der Waals surface area (Å²) in [4.78, 5) is 4.53. The molecule has 0 aliphatic heterocycles. The van der Waals surface area contributed by atoms with E-state index in [9.17, 15) is 0 Å². The molecule has 1 heterocycles. The van der Waals surface area contributed by atoms with Gasteiger partial charge in [-0.1, -0.05) is 11.6 Å². The molecule has 1 aromatic carbocycles. The first-order valence-electron chi connectivity index (χ1n) is 6.14. The predicted octanol–water partition coefficient (Wildman–Crippen LogP) is 2.67. The summed E-state index contributed by atoms with van der Waals surface area (Å²) in [5.41, 5.74) is 8.85. The number of methoxy groups -OCH3 is 1. The number of nitrogens with zero attached hydrogens (tertiary/aromatic N) is 2. The molecule has 19 heavy (non-hydrogen) atoms. The van der Waals surface area contributed by atoms with Crippen LogP contribution in [0.3, 0.4) is 0 Å². The number of benzene rings is 1. The van der Waals surface area contributed by atoms with Crippen molar-refractivity contribution in [3.8, 4) is 17.0 Å². The normalized spacial score (nSPS) is 10.8. The summed E-state index contributed by atoms with van der Waals surface area (Å²) in [5, 5.41) is 0. The second-order valence-electron chi connectivity index (χ2n) is 4.47. The van der Waals surface area contributed by atoms with Crippen LogP contribution in [0.4, 0.5) is 0 Å². The van der Waals surface area contributed by atoms with Gasteiger partial charge in [0, 0.05) is 19.0 Å². The number of aromatic nitrogens is 2. The van der Waals surface area contributed by atoms with Crippen molar-refractivity contribution in [2.75, 3.05) is 13.7 Å². The summed E-state index contributed by atoms with van der Waals surface area (Å²) in [5.74, 6) is 1.81. The monoisotopic (exact) mass is 323 g/mol. The minimum Gasteiger partial charge on any atom is -0.496 e. The third-order valence-corrected chi connectivity index (χ3v) is 3.68. The first-order chi connectivity index (χ1) is 9.08. The van der Waals surface area contributed by atoms with Crippen molar-refractivity contribution in [2.24, 2.45) is 12.8 Å². The van der Waals surface area contributed by atoms with E-state index in [1.165, 1.54) is 5.56 Å². The highest BCUT2D eigenvalue weighted by atomic mass is 79.9. The highest BCUT2D eigenvalue weighted by Crippen LogP contribution is 2.35. The van der Waals surface area contributed by atoms with E-state index in [2.05, 4.69) is 38.5 Å². The average Bonchev–Trinajstić information content (AvgIpc) is 2.65. The summed E-state index contributed by atoms with van der Waals surface area (Å²) in [6.45, 7) is 2.65. The molecule has 0 radical (unpaired) electrons. The van der Waals surface area contributed by atoms with E-state index in [0.717, 1.165) is 33.9 Å². The van der Waals surface area contributed by atoms with Crippen LogP contribution in [0.15, 0.2) is 22.8 Å². The van der Waals surface area contributed by atoms with E-state index >= 15 is 0 Å². The smallest absolute Gasteiger partial charge is 0.132 e. The standard InChI is InChI=1S/C14H18BrN3O/c1-9-4-5-11(19-3)10(8-9)13-14(15)17-12(6-7-16)18(13)2/h4-5,8H,6-7,16H2,1-3H3. The first-order valence-corrected chi connectivity index (χ1v) is 6.94. The quantitative estimate of drug-likeness (QED) is 0.941. The molecule has 2 rings (SSSR count). The Morgan fingerprint density at radius 3 is 2.79 bits per heavy atom. The molecule has 0 aliphatic carbocycles. The van der Waals surface area contributed by atoms with Crippen molar-refractivity contribution >= 4 is 15.9 Å². The molecule has 0 atom stereocenters. The van der Waals surface area contributed by atoms with E-state index in [0.29, 0.717) is 6.54 Å². The molecule has 0 amide bonds. The molecule has 102 valence electrons. The molecule has 4 nitrogen and oxygen atoms in total. The van der Waals surface area contributed by atoms with Crippen LogP contribution >= 0.6 is 15.9 Å². The minimum atomic E-state index is 0.585. The SMILES string of the molecule is COc1ccc(C)cc1-c1c(Br)nc(CCN)n1C. The van der Waals surface area contributed by atoms with Crippen LogP contribution in [0.2, 0.25) is 0 Å². The van der Waals surface area contributed by atoms with E-state index in [1.54, 1.807) is 7.11 Å². The summed E-state index contributed by atoms with van der Waals surface area (Å²) in [7, 11) is 3.68. The largest absolute Gasteiger partial charge is 0.496 e. The van der Waals surface area contributed by atoms with Crippen molar-refractivity contribution in [2.45, 2.75) is 13.3 Å². The highest BCUT2D eigenvalue weighted by Gasteiger charge is 2.17. The van der Waals surface area contributed by atoms with Gasteiger partial charge in [-0.05, 0) is 41.5 Å². The molecule has 1 aromatic heterocycles. The van der Waals surface area contributed by atoms with Crippen LogP contribution in [0.5, 0.6) is 5.75 Å². The number of nitrogens with two attached hydrogens (primary N) is 1. The van der Waals surface area contributed by atoms with E-state index < -0.39 is 0 Å². The van der Waals surface area contributed by atoms with Crippen LogP contribution in [0.25, 0.3) is 11.3 Å². The van der Waals surface area contributed by atoms with Crippen molar-refractivity contribution < 1.29 is 4.74 Å². The predicted molar refractivity (Wildman–Crippen MR) is 80.4 cm³/mol. The van der Waals surface area contributed by atoms with Gasteiger partial charge in [-0.2, -0.15) is 0 Å². The first kappa shape index (κ1) is 14.1. The zero-order valence-electron chi connectivity index (χ0n) is 11.4. The summed E-state index contributed by atoms with van der Waals surface area (Å²) in [6, 6.07) is 6.12. The van der Waals surface area contributed by atoms with Gasteiger partial charge in [-0.3, -0.25) is 0 Å². The zero-order chi connectivity index (χ0) is 14.0. The third-order valence-electron chi connectivity index (χ3n) is 3.12. The fourth-order valence-electron chi connectivity index (χ4n) is 2.16. The summed E-state index contributed by atoms with van der Waals surface area (Å²) >= 11 is 3.53. The molecule has 2 aromatic rings. The van der Waals surface area contributed by atoms with Crippen LogP contribution in [0.1, 0.15) is 11.4 Å². The molecule has 0 saturated heterocycles. The van der Waals surface area contributed by atoms with Crippen molar-refractivity contribution in [3.05, 3.63) is 34.2 Å². The van der Waals surface area contributed by atoms with Crippen LogP contribution in [-0.4, -0.2) is 23.2 Å². The lowest BCUT2D eigenvalue weighted by atomic mass is 10.1. The number of ether oxygens (including phenoxy) is 1. The number of aryl methyl sites for hydroxylation is 1. The highest BCUT2D eigenvalue weighted by molar-refractivity contribution is 9.10. The van der Waals surface area contributed by atoms with Gasteiger partial charge in [0.25, 0.3) is 0 Å². The van der Waals surface area contributed by atoms with Crippen molar-refractivity contribution in [3.63, 3.8) is 0 Å². The Morgan fingerprint density at radius 1 is 1.42 bits per heavy atom. The number of hydrogen-bond donors (Lipinski definition) is 1. The molecule has 0 bridgehead atoms. The Bertz CT molecular complexity index is 593. The molecule has 5 heteroatoms. The zero-order valence-corrected chi connectivity index (χ0v) is 13.0. The van der Waals surface area contributed by atoms with Crippen LogP contribution in [0, 0.1) is 6.92 Å². The van der Waals surface area contributed by atoms with Gasteiger partial charge < -0.3 is 15.0 Å². The van der Waals surface area contributed by atoms with Crippen molar-refractivity contribution in [1.82, 2.24) is 9.55 Å². The fourth-order valence-corrected chi connectivity index (χ4v) is 2.84. The van der Waals surface area contributed by atoms with Crippen molar-refractivity contribution in [1.29, 1.82) is 0 Å². The maximum absolute atomic E-state index is 5.61. The fraction of sp³-hybridized carbons (Fsp3) is 0.357. The van der Waals surface area contributed by atoms with Gasteiger partial charge in [-0.15, -0.1) is 0 Å². The number of imidazole rings is 1. The Morgan fingerprint density at radius 2 is 2.16 bits per heavy atom. The maximum Gasteiger partial charge on any atom is 0.132 e. The summed E-state index contributed by atoms with van der Waals surface area (Å²) in [6.07, 6.45) is 0.753. The molecule has 0 aliphatic rings. The molecule has 0 fully saturated rings. The average molecular weight is 324 g/mol. The molecule has 0 spiro atoms. The van der Waals surface area contributed by atoms with Crippen LogP contribution < -0.4 is 10.5 Å². The van der Waals surface area contributed by atoms with E-state index in [-0.39, 0.29) is 0 Å². The Hall–Kier alpha value is -1.33. The second-order valence-corrected chi connectivity index (χ2v) is 5.22. The van der Waals surface area contributed by atoms with E-state index in [1.807, 2.05) is 19.2 Å². The Balaban J connectivity index is 2.61. The van der Waals surface area contributed by atoms with Gasteiger partial charge >= 0.3 is 0 Å². The molecular formula is C14H18BrN3O. The Kier molecular flexibility index (Phi) is 4.27. The van der Waals surface area contributed by atoms with Gasteiger partial charge in [0.15, 0.2) is 0 Å². The third kappa shape index (κ3) is 2.67. The Labute approximate surface area is 121 Å². The lowest BCUT2D eigenvalue weighted by Crippen LogP contribution is -2.08. The van der Waals surface area contributed by atoms with Gasteiger partial charge in [0.05, 0.1) is 12.8 Å². The van der Waals surface area contributed by atoms with Gasteiger partial charge in [0.1, 0.15) is 16.2 Å². The van der Waals surface area contributed by atoms with Gasteiger partial charge in [-0.25, -0.2) is 4.98 Å². The minimum absolute atomic E-state index is 0.585. The molecular weight excluding hydrogens is 306 g/mol. The number of halogens is 1. The maximum atomic E-state index is 5.61. The lowest BCUT2D eigenvalue weighted by molar-refractivity contribution is 0.416. The molecule has 0 saturated carbocycles. The van der Waals surface area contributed by atoms with Gasteiger partial charge in [0.2, 0.25) is 0 Å². The lowest BCUT2D eigenvalue weighted by Gasteiger charge is -2.11. The van der Waals surface area contributed by atoms with Crippen LogP contribution in [-0.2, 0) is 13.5 Å². The number of rotatable bonds is 4. The summed E-state index contributed by atoms with van der Waals surface area (Å²) < 4.78 is 8.33. The van der Waals surface area contributed by atoms with E-state index in [4.69, 9.17) is 10.5 Å². The topological polar surface area (TPSA) is 53.1 Å². The molecule has 2 N–H and O–H groups in total.